The Hall–Kier alpha value is -0.120. The zero-order valence-corrected chi connectivity index (χ0v) is 9.70. The topological polar surface area (TPSA) is 20.2 Å². The lowest BCUT2D eigenvalue weighted by Gasteiger charge is -2.37. The monoisotopic (exact) mass is 278 g/mol. The molecule has 76 valence electrons. The predicted octanol–water partition coefficient (Wildman–Crippen LogP) is 3.61. The summed E-state index contributed by atoms with van der Waals surface area (Å²) in [6.07, 6.45) is 2.39. The molecule has 0 heterocycles. The highest BCUT2D eigenvalue weighted by Gasteiger charge is 2.38. The van der Waals surface area contributed by atoms with Crippen LogP contribution in [0, 0.1) is 5.82 Å². The van der Waals surface area contributed by atoms with Crippen molar-refractivity contribution in [3.8, 4) is 0 Å². The Morgan fingerprint density at radius 1 is 1.43 bits per heavy atom. The van der Waals surface area contributed by atoms with Crippen LogP contribution in [0.4, 0.5) is 4.39 Å². The number of rotatable bonds is 1. The van der Waals surface area contributed by atoms with Gasteiger partial charge < -0.3 is 5.11 Å². The third-order valence-electron chi connectivity index (χ3n) is 2.69. The molecule has 0 aromatic heterocycles. The van der Waals surface area contributed by atoms with Gasteiger partial charge >= 0.3 is 0 Å². The van der Waals surface area contributed by atoms with Crippen LogP contribution in [0.15, 0.2) is 16.6 Å². The fourth-order valence-corrected chi connectivity index (χ4v) is 2.33. The third kappa shape index (κ3) is 1.58. The van der Waals surface area contributed by atoms with E-state index < -0.39 is 11.4 Å². The first-order valence-corrected chi connectivity index (χ1v) is 5.57. The summed E-state index contributed by atoms with van der Waals surface area (Å²) in [6.45, 7) is 0. The van der Waals surface area contributed by atoms with Gasteiger partial charge in [-0.1, -0.05) is 11.6 Å². The maximum atomic E-state index is 13.1. The molecule has 1 nitrogen and oxygen atoms in total. The maximum absolute atomic E-state index is 13.1. The number of benzene rings is 1. The molecule has 0 bridgehead atoms. The molecule has 0 saturated heterocycles. The van der Waals surface area contributed by atoms with Gasteiger partial charge in [0.25, 0.3) is 0 Å². The second-order valence-corrected chi connectivity index (χ2v) is 4.89. The average molecular weight is 280 g/mol. The normalized spacial score (nSPS) is 19.1. The Labute approximate surface area is 95.0 Å². The molecule has 0 aliphatic heterocycles. The van der Waals surface area contributed by atoms with Crippen LogP contribution in [0.5, 0.6) is 0 Å². The van der Waals surface area contributed by atoms with E-state index in [0.29, 0.717) is 27.9 Å². The molecule has 1 fully saturated rings. The Balaban J connectivity index is 2.48. The van der Waals surface area contributed by atoms with Gasteiger partial charge in [-0.25, -0.2) is 4.39 Å². The minimum absolute atomic E-state index is 0.299. The Kier molecular flexibility index (Phi) is 2.58. The summed E-state index contributed by atoms with van der Waals surface area (Å²) in [7, 11) is 0. The molecule has 1 N–H and O–H groups in total. The van der Waals surface area contributed by atoms with Crippen LogP contribution in [0.2, 0.25) is 5.02 Å². The zero-order chi connectivity index (χ0) is 10.3. The highest BCUT2D eigenvalue weighted by atomic mass is 79.9. The van der Waals surface area contributed by atoms with Crippen molar-refractivity contribution in [1.29, 1.82) is 0 Å². The van der Waals surface area contributed by atoms with Crippen LogP contribution in [-0.4, -0.2) is 5.11 Å². The van der Waals surface area contributed by atoms with Crippen LogP contribution in [0.3, 0.4) is 0 Å². The quantitative estimate of drug-likeness (QED) is 0.779. The molecule has 1 aromatic rings. The maximum Gasteiger partial charge on any atom is 0.138 e. The molecule has 4 heteroatoms. The van der Waals surface area contributed by atoms with Crippen LogP contribution < -0.4 is 0 Å². The van der Waals surface area contributed by atoms with E-state index in [1.165, 1.54) is 6.07 Å². The summed E-state index contributed by atoms with van der Waals surface area (Å²) in [5.74, 6) is -0.401. The highest BCUT2D eigenvalue weighted by molar-refractivity contribution is 9.10. The summed E-state index contributed by atoms with van der Waals surface area (Å²) in [5.41, 5.74) is -0.216. The first-order chi connectivity index (χ1) is 6.53. The van der Waals surface area contributed by atoms with E-state index in [1.54, 1.807) is 6.07 Å². The van der Waals surface area contributed by atoms with E-state index in [2.05, 4.69) is 15.9 Å². The van der Waals surface area contributed by atoms with E-state index in [0.717, 1.165) is 6.42 Å². The lowest BCUT2D eigenvalue weighted by Crippen LogP contribution is -2.34. The molecule has 0 amide bonds. The van der Waals surface area contributed by atoms with Gasteiger partial charge in [-0.05, 0) is 47.3 Å². The fourth-order valence-electron chi connectivity index (χ4n) is 1.66. The van der Waals surface area contributed by atoms with Crippen molar-refractivity contribution in [2.75, 3.05) is 0 Å². The second kappa shape index (κ2) is 3.47. The van der Waals surface area contributed by atoms with E-state index in [9.17, 15) is 9.50 Å². The summed E-state index contributed by atoms with van der Waals surface area (Å²) in [4.78, 5) is 0. The van der Waals surface area contributed by atoms with Crippen LogP contribution >= 0.6 is 27.5 Å². The number of hydrogen-bond acceptors (Lipinski definition) is 1. The van der Waals surface area contributed by atoms with E-state index >= 15 is 0 Å². The van der Waals surface area contributed by atoms with Gasteiger partial charge in [0.05, 0.1) is 10.1 Å². The Morgan fingerprint density at radius 3 is 2.57 bits per heavy atom. The number of aliphatic hydroxyl groups is 1. The first-order valence-electron chi connectivity index (χ1n) is 4.40. The van der Waals surface area contributed by atoms with Crippen molar-refractivity contribution < 1.29 is 9.50 Å². The Bertz CT molecular complexity index is 377. The lowest BCUT2D eigenvalue weighted by molar-refractivity contribution is -0.0387. The number of halogens is 3. The molecular formula is C10H9BrClFO. The molecule has 0 radical (unpaired) electrons. The van der Waals surface area contributed by atoms with Crippen molar-refractivity contribution in [1.82, 2.24) is 0 Å². The van der Waals surface area contributed by atoms with Gasteiger partial charge in [-0.2, -0.15) is 0 Å². The summed E-state index contributed by atoms with van der Waals surface area (Å²) < 4.78 is 13.4. The molecular weight excluding hydrogens is 270 g/mol. The van der Waals surface area contributed by atoms with Crippen molar-refractivity contribution in [3.63, 3.8) is 0 Å². The molecule has 0 atom stereocenters. The smallest absolute Gasteiger partial charge is 0.138 e. The predicted molar refractivity (Wildman–Crippen MR) is 56.9 cm³/mol. The van der Waals surface area contributed by atoms with Crippen molar-refractivity contribution in [2.45, 2.75) is 24.9 Å². The first kappa shape index (κ1) is 10.4. The van der Waals surface area contributed by atoms with Crippen LogP contribution in [0.25, 0.3) is 0 Å². The molecule has 1 saturated carbocycles. The van der Waals surface area contributed by atoms with Gasteiger partial charge in [-0.3, -0.25) is 0 Å². The van der Waals surface area contributed by atoms with E-state index in [-0.39, 0.29) is 0 Å². The summed E-state index contributed by atoms with van der Waals surface area (Å²) in [5, 5.41) is 10.3. The summed E-state index contributed by atoms with van der Waals surface area (Å²) >= 11 is 8.96. The molecule has 14 heavy (non-hydrogen) atoms. The Morgan fingerprint density at radius 2 is 2.07 bits per heavy atom. The van der Waals surface area contributed by atoms with Gasteiger partial charge in [0.15, 0.2) is 0 Å². The van der Waals surface area contributed by atoms with Crippen LogP contribution in [-0.2, 0) is 5.60 Å². The third-order valence-corrected chi connectivity index (χ3v) is 3.61. The standard InChI is InChI=1S/C10H9BrClFO/c11-7-4-6(8(12)5-9(7)13)10(14)2-1-3-10/h4-5,14H,1-3H2. The average Bonchev–Trinajstić information content (AvgIpc) is 2.07. The van der Waals surface area contributed by atoms with Crippen LogP contribution in [0.1, 0.15) is 24.8 Å². The molecule has 2 rings (SSSR count). The van der Waals surface area contributed by atoms with Crippen molar-refractivity contribution in [2.24, 2.45) is 0 Å². The van der Waals surface area contributed by atoms with Crippen molar-refractivity contribution in [3.05, 3.63) is 33.0 Å². The minimum atomic E-state index is -0.840. The molecule has 0 spiro atoms. The zero-order valence-electron chi connectivity index (χ0n) is 7.36. The molecule has 1 aliphatic carbocycles. The lowest BCUT2D eigenvalue weighted by atomic mass is 9.75. The van der Waals surface area contributed by atoms with Gasteiger partial charge in [0.2, 0.25) is 0 Å². The van der Waals surface area contributed by atoms with Crippen molar-refractivity contribution >= 4 is 27.5 Å². The van der Waals surface area contributed by atoms with E-state index in [1.807, 2.05) is 0 Å². The largest absolute Gasteiger partial charge is 0.385 e. The molecule has 1 aromatic carbocycles. The second-order valence-electron chi connectivity index (χ2n) is 3.63. The molecule has 1 aliphatic rings. The molecule has 0 unspecified atom stereocenters. The summed E-state index contributed by atoms with van der Waals surface area (Å²) in [6, 6.07) is 2.80. The fraction of sp³-hybridized carbons (Fsp3) is 0.400. The van der Waals surface area contributed by atoms with E-state index in [4.69, 9.17) is 11.6 Å². The number of hydrogen-bond donors (Lipinski definition) is 1. The van der Waals surface area contributed by atoms with Gasteiger partial charge in [0, 0.05) is 10.6 Å². The van der Waals surface area contributed by atoms with Gasteiger partial charge in [0.1, 0.15) is 5.82 Å². The van der Waals surface area contributed by atoms with Gasteiger partial charge in [-0.15, -0.1) is 0 Å². The highest BCUT2D eigenvalue weighted by Crippen LogP contribution is 2.44. The SMILES string of the molecule is OC1(c2cc(Br)c(F)cc2Cl)CCC1. The minimum Gasteiger partial charge on any atom is -0.385 e.